The summed E-state index contributed by atoms with van der Waals surface area (Å²) in [5, 5.41) is 14.1. The normalized spacial score (nSPS) is 13.7. The van der Waals surface area contributed by atoms with Crippen LogP contribution in [0, 0.1) is 5.82 Å². The molecule has 21 heavy (non-hydrogen) atoms. The van der Waals surface area contributed by atoms with Crippen molar-refractivity contribution in [3.05, 3.63) is 41.2 Å². The zero-order valence-corrected chi connectivity index (χ0v) is 11.5. The second-order valence-corrected chi connectivity index (χ2v) is 4.88. The van der Waals surface area contributed by atoms with E-state index in [2.05, 4.69) is 16.7 Å². The van der Waals surface area contributed by atoms with E-state index in [0.29, 0.717) is 6.54 Å². The third-order valence-electron chi connectivity index (χ3n) is 3.33. The van der Waals surface area contributed by atoms with Gasteiger partial charge in [0.15, 0.2) is 0 Å². The van der Waals surface area contributed by atoms with Crippen LogP contribution in [0.4, 0.5) is 14.9 Å². The molecule has 112 valence electrons. The summed E-state index contributed by atoms with van der Waals surface area (Å²) >= 11 is 0. The minimum atomic E-state index is -1.29. The molecule has 6 heteroatoms. The Bertz CT molecular complexity index is 584. The molecular weight excluding hydrogens is 275 g/mol. The Morgan fingerprint density at radius 3 is 2.81 bits per heavy atom. The standard InChI is InChI=1S/C15H17FN2O3/c16-11-5-6-13(12(9-11)14(19)20)18-15(21)17-8-7-10-3-1-2-4-10/h3,5-6,9H,1-2,4,7-8H2,(H,19,20)(H2,17,18,21). The summed E-state index contributed by atoms with van der Waals surface area (Å²) in [7, 11) is 0. The van der Waals surface area contributed by atoms with Crippen molar-refractivity contribution in [3.8, 4) is 0 Å². The van der Waals surface area contributed by atoms with E-state index in [4.69, 9.17) is 5.11 Å². The van der Waals surface area contributed by atoms with Crippen molar-refractivity contribution >= 4 is 17.7 Å². The van der Waals surface area contributed by atoms with Crippen LogP contribution in [-0.4, -0.2) is 23.7 Å². The lowest BCUT2D eigenvalue weighted by Crippen LogP contribution is -2.30. The number of anilines is 1. The van der Waals surface area contributed by atoms with Crippen LogP contribution in [-0.2, 0) is 0 Å². The number of hydrogen-bond acceptors (Lipinski definition) is 2. The van der Waals surface area contributed by atoms with Crippen LogP contribution >= 0.6 is 0 Å². The molecule has 2 rings (SSSR count). The molecule has 3 N–H and O–H groups in total. The number of hydrogen-bond donors (Lipinski definition) is 3. The van der Waals surface area contributed by atoms with Crippen LogP contribution in [0.3, 0.4) is 0 Å². The molecule has 0 bridgehead atoms. The van der Waals surface area contributed by atoms with Crippen molar-refractivity contribution in [2.45, 2.75) is 25.7 Å². The summed E-state index contributed by atoms with van der Waals surface area (Å²) in [5.74, 6) is -1.95. The number of halogens is 1. The second-order valence-electron chi connectivity index (χ2n) is 4.88. The molecule has 0 unspecified atom stereocenters. The van der Waals surface area contributed by atoms with E-state index < -0.39 is 17.8 Å². The van der Waals surface area contributed by atoms with Crippen LogP contribution < -0.4 is 10.6 Å². The third-order valence-corrected chi connectivity index (χ3v) is 3.33. The zero-order chi connectivity index (χ0) is 15.2. The molecule has 0 saturated heterocycles. The number of carboxylic acid groups (broad SMARTS) is 1. The fraction of sp³-hybridized carbons (Fsp3) is 0.333. The molecule has 0 spiro atoms. The van der Waals surface area contributed by atoms with Gasteiger partial charge >= 0.3 is 12.0 Å². The minimum Gasteiger partial charge on any atom is -0.478 e. The average Bonchev–Trinajstić information content (AvgIpc) is 2.94. The largest absolute Gasteiger partial charge is 0.478 e. The summed E-state index contributed by atoms with van der Waals surface area (Å²) in [6.45, 7) is 0.487. The maximum Gasteiger partial charge on any atom is 0.337 e. The highest BCUT2D eigenvalue weighted by Gasteiger charge is 2.13. The number of urea groups is 1. The molecule has 2 amide bonds. The summed E-state index contributed by atoms with van der Waals surface area (Å²) in [4.78, 5) is 22.7. The predicted molar refractivity (Wildman–Crippen MR) is 76.9 cm³/mol. The fourth-order valence-electron chi connectivity index (χ4n) is 2.27. The Morgan fingerprint density at radius 1 is 1.33 bits per heavy atom. The van der Waals surface area contributed by atoms with Gasteiger partial charge in [0, 0.05) is 6.54 Å². The van der Waals surface area contributed by atoms with E-state index >= 15 is 0 Å². The number of benzene rings is 1. The topological polar surface area (TPSA) is 78.4 Å². The lowest BCUT2D eigenvalue weighted by Gasteiger charge is -2.10. The Balaban J connectivity index is 1.88. The van der Waals surface area contributed by atoms with Gasteiger partial charge in [-0.1, -0.05) is 11.6 Å². The van der Waals surface area contributed by atoms with Crippen molar-refractivity contribution in [1.82, 2.24) is 5.32 Å². The number of rotatable bonds is 5. The molecule has 0 aromatic heterocycles. The predicted octanol–water partition coefficient (Wildman–Crippen LogP) is 3.15. The van der Waals surface area contributed by atoms with E-state index in [-0.39, 0.29) is 11.3 Å². The average molecular weight is 292 g/mol. The summed E-state index contributed by atoms with van der Waals surface area (Å²) in [6.07, 6.45) is 6.31. The monoisotopic (exact) mass is 292 g/mol. The van der Waals surface area contributed by atoms with Gasteiger partial charge in [0.05, 0.1) is 11.3 Å². The molecule has 1 aliphatic rings. The SMILES string of the molecule is O=C(NCCC1=CCCC1)Nc1ccc(F)cc1C(=O)O. The first-order valence-electron chi connectivity index (χ1n) is 6.82. The summed E-state index contributed by atoms with van der Waals surface area (Å²) < 4.78 is 13.0. The van der Waals surface area contributed by atoms with E-state index in [1.807, 2.05) is 0 Å². The van der Waals surface area contributed by atoms with Crippen molar-refractivity contribution < 1.29 is 19.1 Å². The summed E-state index contributed by atoms with van der Waals surface area (Å²) in [5.41, 5.74) is 1.13. The first-order chi connectivity index (χ1) is 10.1. The first-order valence-corrected chi connectivity index (χ1v) is 6.82. The second kappa shape index (κ2) is 6.88. The van der Waals surface area contributed by atoms with E-state index in [0.717, 1.165) is 31.4 Å². The number of carbonyl (C=O) groups is 2. The van der Waals surface area contributed by atoms with Crippen LogP contribution in [0.5, 0.6) is 0 Å². The van der Waals surface area contributed by atoms with Gasteiger partial charge in [-0.2, -0.15) is 0 Å². The highest BCUT2D eigenvalue weighted by atomic mass is 19.1. The molecule has 1 aromatic rings. The van der Waals surface area contributed by atoms with Gasteiger partial charge in [-0.05, 0) is 43.9 Å². The molecule has 0 heterocycles. The Hall–Kier alpha value is -2.37. The molecule has 0 fully saturated rings. The first kappa shape index (κ1) is 15.0. The van der Waals surface area contributed by atoms with Crippen molar-refractivity contribution in [3.63, 3.8) is 0 Å². The lowest BCUT2D eigenvalue weighted by molar-refractivity contribution is 0.0697. The highest BCUT2D eigenvalue weighted by Crippen LogP contribution is 2.20. The Labute approximate surface area is 121 Å². The van der Waals surface area contributed by atoms with Crippen LogP contribution in [0.1, 0.15) is 36.0 Å². The van der Waals surface area contributed by atoms with Gasteiger partial charge in [0.1, 0.15) is 5.82 Å². The number of amides is 2. The Morgan fingerprint density at radius 2 is 2.14 bits per heavy atom. The van der Waals surface area contributed by atoms with Gasteiger partial charge < -0.3 is 15.7 Å². The maximum absolute atomic E-state index is 13.0. The number of carbonyl (C=O) groups excluding carboxylic acids is 1. The maximum atomic E-state index is 13.0. The molecule has 0 radical (unpaired) electrons. The molecule has 0 aliphatic heterocycles. The van der Waals surface area contributed by atoms with Crippen LogP contribution in [0.15, 0.2) is 29.8 Å². The number of allylic oxidation sites excluding steroid dienone is 1. The van der Waals surface area contributed by atoms with Gasteiger partial charge in [0.25, 0.3) is 0 Å². The van der Waals surface area contributed by atoms with Crippen molar-refractivity contribution in [2.24, 2.45) is 0 Å². The Kier molecular flexibility index (Phi) is 4.92. The minimum absolute atomic E-state index is 0.0708. The third kappa shape index (κ3) is 4.30. The molecule has 0 atom stereocenters. The number of carboxylic acids is 1. The van der Waals surface area contributed by atoms with E-state index in [9.17, 15) is 14.0 Å². The van der Waals surface area contributed by atoms with E-state index in [1.165, 1.54) is 18.1 Å². The highest BCUT2D eigenvalue weighted by molar-refractivity contribution is 5.99. The molecule has 5 nitrogen and oxygen atoms in total. The van der Waals surface area contributed by atoms with Crippen molar-refractivity contribution in [2.75, 3.05) is 11.9 Å². The zero-order valence-electron chi connectivity index (χ0n) is 11.5. The van der Waals surface area contributed by atoms with Crippen molar-refractivity contribution in [1.29, 1.82) is 0 Å². The van der Waals surface area contributed by atoms with Gasteiger partial charge in [-0.3, -0.25) is 0 Å². The number of nitrogens with one attached hydrogen (secondary N) is 2. The fourth-order valence-corrected chi connectivity index (χ4v) is 2.27. The molecule has 1 aliphatic carbocycles. The molecule has 1 aromatic carbocycles. The van der Waals surface area contributed by atoms with Gasteiger partial charge in [-0.15, -0.1) is 0 Å². The molecule has 0 saturated carbocycles. The van der Waals surface area contributed by atoms with Crippen LogP contribution in [0.25, 0.3) is 0 Å². The number of aromatic carboxylic acids is 1. The summed E-state index contributed by atoms with van der Waals surface area (Å²) in [6, 6.07) is 2.72. The van der Waals surface area contributed by atoms with Gasteiger partial charge in [0.2, 0.25) is 0 Å². The molecular formula is C15H17FN2O3. The van der Waals surface area contributed by atoms with Gasteiger partial charge in [-0.25, -0.2) is 14.0 Å². The lowest BCUT2D eigenvalue weighted by atomic mass is 10.1. The quantitative estimate of drug-likeness (QED) is 0.729. The van der Waals surface area contributed by atoms with E-state index in [1.54, 1.807) is 0 Å². The smallest absolute Gasteiger partial charge is 0.337 e. The van der Waals surface area contributed by atoms with Crippen LogP contribution in [0.2, 0.25) is 0 Å².